The third-order valence-corrected chi connectivity index (χ3v) is 3.59. The minimum Gasteiger partial charge on any atom is -0.398 e. The fourth-order valence-electron chi connectivity index (χ4n) is 1.87. The Morgan fingerprint density at radius 1 is 1.16 bits per heavy atom. The van der Waals surface area contributed by atoms with Crippen molar-refractivity contribution in [2.75, 3.05) is 5.73 Å². The molecule has 0 radical (unpaired) electrons. The Labute approximate surface area is 122 Å². The second-order valence-corrected chi connectivity index (χ2v) is 5.20. The number of benzene rings is 1. The van der Waals surface area contributed by atoms with Gasteiger partial charge in [0.05, 0.1) is 16.1 Å². The lowest BCUT2D eigenvalue weighted by atomic mass is 10.0. The zero-order valence-electron chi connectivity index (χ0n) is 10.2. The van der Waals surface area contributed by atoms with Crippen molar-refractivity contribution in [3.05, 3.63) is 57.8 Å². The summed E-state index contributed by atoms with van der Waals surface area (Å²) in [7, 11) is 0. The van der Waals surface area contributed by atoms with Crippen LogP contribution in [0.25, 0.3) is 0 Å². The topological polar surface area (TPSA) is 59.1 Å². The number of hydrogen-bond acceptors (Lipinski definition) is 3. The Morgan fingerprint density at radius 3 is 2.63 bits per heavy atom. The summed E-state index contributed by atoms with van der Waals surface area (Å²) >= 11 is 11.8. The minimum atomic E-state index is -0.538. The molecule has 5 heteroatoms. The van der Waals surface area contributed by atoms with Crippen molar-refractivity contribution in [3.8, 4) is 0 Å². The van der Waals surface area contributed by atoms with Gasteiger partial charge >= 0.3 is 0 Å². The van der Waals surface area contributed by atoms with E-state index < -0.39 is 6.10 Å². The molecule has 3 nitrogen and oxygen atoms in total. The van der Waals surface area contributed by atoms with Crippen molar-refractivity contribution < 1.29 is 5.11 Å². The Morgan fingerprint density at radius 2 is 1.95 bits per heavy atom. The summed E-state index contributed by atoms with van der Waals surface area (Å²) in [6.45, 7) is 0. The second-order valence-electron chi connectivity index (χ2n) is 4.39. The van der Waals surface area contributed by atoms with E-state index in [0.29, 0.717) is 28.6 Å². The largest absolute Gasteiger partial charge is 0.398 e. The maximum absolute atomic E-state index is 10.1. The van der Waals surface area contributed by atoms with E-state index in [1.54, 1.807) is 30.6 Å². The van der Waals surface area contributed by atoms with Crippen LogP contribution < -0.4 is 5.73 Å². The van der Waals surface area contributed by atoms with Crippen LogP contribution in [0.15, 0.2) is 36.7 Å². The number of pyridine rings is 1. The molecule has 0 bridgehead atoms. The van der Waals surface area contributed by atoms with Crippen LogP contribution >= 0.6 is 23.2 Å². The number of halogens is 2. The van der Waals surface area contributed by atoms with E-state index >= 15 is 0 Å². The van der Waals surface area contributed by atoms with Gasteiger partial charge in [-0.3, -0.25) is 4.98 Å². The van der Waals surface area contributed by atoms with Crippen molar-refractivity contribution >= 4 is 28.9 Å². The smallest absolute Gasteiger partial charge is 0.0622 e. The van der Waals surface area contributed by atoms with Crippen molar-refractivity contribution in [1.29, 1.82) is 0 Å². The molecule has 100 valence electrons. The summed E-state index contributed by atoms with van der Waals surface area (Å²) in [6, 6.07) is 7.06. The number of aliphatic hydroxyl groups is 1. The van der Waals surface area contributed by atoms with Crippen LogP contribution in [0.4, 0.5) is 5.69 Å². The van der Waals surface area contributed by atoms with Crippen LogP contribution in [0.3, 0.4) is 0 Å². The van der Waals surface area contributed by atoms with Gasteiger partial charge in [-0.15, -0.1) is 0 Å². The Hall–Kier alpha value is -1.29. The molecule has 0 aliphatic carbocycles. The van der Waals surface area contributed by atoms with E-state index in [9.17, 15) is 5.11 Å². The first-order valence-corrected chi connectivity index (χ1v) is 6.62. The number of nitrogen functional groups attached to an aromatic ring is 1. The van der Waals surface area contributed by atoms with Crippen LogP contribution in [0.5, 0.6) is 0 Å². The molecule has 1 aromatic carbocycles. The molecule has 1 atom stereocenters. The van der Waals surface area contributed by atoms with Gasteiger partial charge in [-0.25, -0.2) is 0 Å². The van der Waals surface area contributed by atoms with Gasteiger partial charge in [-0.05, 0) is 35.7 Å². The van der Waals surface area contributed by atoms with Crippen molar-refractivity contribution in [3.63, 3.8) is 0 Å². The van der Waals surface area contributed by atoms with Gasteiger partial charge in [-0.1, -0.05) is 29.3 Å². The molecule has 0 aliphatic rings. The summed E-state index contributed by atoms with van der Waals surface area (Å²) in [5, 5.41) is 11.1. The first-order valence-electron chi connectivity index (χ1n) is 5.86. The van der Waals surface area contributed by atoms with E-state index in [0.717, 1.165) is 11.1 Å². The number of rotatable bonds is 4. The van der Waals surface area contributed by atoms with Crippen LogP contribution in [0.2, 0.25) is 10.0 Å². The highest BCUT2D eigenvalue weighted by atomic mass is 35.5. The predicted octanol–water partition coefficient (Wildman–Crippen LogP) is 3.12. The molecule has 1 heterocycles. The van der Waals surface area contributed by atoms with Gasteiger partial charge in [0.1, 0.15) is 0 Å². The van der Waals surface area contributed by atoms with Crippen LogP contribution in [0.1, 0.15) is 11.1 Å². The normalized spacial score (nSPS) is 12.4. The van der Waals surface area contributed by atoms with Crippen LogP contribution in [0, 0.1) is 0 Å². The van der Waals surface area contributed by atoms with Gasteiger partial charge < -0.3 is 10.8 Å². The molecule has 0 fully saturated rings. The fraction of sp³-hybridized carbons (Fsp3) is 0.214. The van der Waals surface area contributed by atoms with E-state index in [-0.39, 0.29) is 0 Å². The van der Waals surface area contributed by atoms with Crippen LogP contribution in [-0.4, -0.2) is 16.2 Å². The van der Waals surface area contributed by atoms with Gasteiger partial charge in [0.2, 0.25) is 0 Å². The van der Waals surface area contributed by atoms with Gasteiger partial charge in [0.15, 0.2) is 0 Å². The molecular formula is C14H14Cl2N2O. The van der Waals surface area contributed by atoms with Gasteiger partial charge in [-0.2, -0.15) is 0 Å². The average molecular weight is 297 g/mol. The minimum absolute atomic E-state index is 0.458. The summed E-state index contributed by atoms with van der Waals surface area (Å²) in [4.78, 5) is 4.00. The molecule has 0 amide bonds. The lowest BCUT2D eigenvalue weighted by Crippen LogP contribution is -2.15. The summed E-state index contributed by atoms with van der Waals surface area (Å²) in [5.41, 5.74) is 8.24. The molecule has 0 saturated carbocycles. The Kier molecular flexibility index (Phi) is 4.64. The number of hydrogen-bond donors (Lipinski definition) is 2. The molecular weight excluding hydrogens is 283 g/mol. The molecule has 19 heavy (non-hydrogen) atoms. The third-order valence-electron chi connectivity index (χ3n) is 2.85. The number of nitrogens with zero attached hydrogens (tertiary/aromatic N) is 1. The molecule has 3 N–H and O–H groups in total. The lowest BCUT2D eigenvalue weighted by Gasteiger charge is -2.12. The van der Waals surface area contributed by atoms with Crippen molar-refractivity contribution in [2.24, 2.45) is 0 Å². The molecule has 1 unspecified atom stereocenters. The van der Waals surface area contributed by atoms with E-state index in [1.807, 2.05) is 6.07 Å². The zero-order valence-corrected chi connectivity index (χ0v) is 11.7. The maximum atomic E-state index is 10.1. The highest BCUT2D eigenvalue weighted by Gasteiger charge is 2.10. The van der Waals surface area contributed by atoms with E-state index in [2.05, 4.69) is 4.98 Å². The highest BCUT2D eigenvalue weighted by Crippen LogP contribution is 2.23. The number of anilines is 1. The molecule has 1 aromatic heterocycles. The van der Waals surface area contributed by atoms with Crippen LogP contribution in [-0.2, 0) is 12.8 Å². The predicted molar refractivity (Wildman–Crippen MR) is 78.5 cm³/mol. The summed E-state index contributed by atoms with van der Waals surface area (Å²) < 4.78 is 0. The summed E-state index contributed by atoms with van der Waals surface area (Å²) in [6.07, 6.45) is 3.71. The zero-order chi connectivity index (χ0) is 13.8. The van der Waals surface area contributed by atoms with Crippen molar-refractivity contribution in [1.82, 2.24) is 4.98 Å². The van der Waals surface area contributed by atoms with Gasteiger partial charge in [0, 0.05) is 24.5 Å². The molecule has 0 aliphatic heterocycles. The number of aliphatic hydroxyl groups excluding tert-OH is 1. The second kappa shape index (κ2) is 6.24. The third kappa shape index (κ3) is 3.83. The Bertz CT molecular complexity index is 575. The van der Waals surface area contributed by atoms with E-state index in [1.165, 1.54) is 0 Å². The van der Waals surface area contributed by atoms with Gasteiger partial charge in [0.25, 0.3) is 0 Å². The standard InChI is InChI=1S/C14H14Cl2N2O/c15-12-2-1-9(6-13(12)16)5-11(19)7-10-8-18-4-3-14(10)17/h1-4,6,8,11,19H,5,7H2,(H2,17,18). The van der Waals surface area contributed by atoms with Crippen molar-refractivity contribution in [2.45, 2.75) is 18.9 Å². The first-order chi connectivity index (χ1) is 9.06. The highest BCUT2D eigenvalue weighted by molar-refractivity contribution is 6.42. The summed E-state index contributed by atoms with van der Waals surface area (Å²) in [5.74, 6) is 0. The average Bonchev–Trinajstić information content (AvgIpc) is 2.37. The number of nitrogens with two attached hydrogens (primary N) is 1. The molecule has 0 saturated heterocycles. The SMILES string of the molecule is Nc1ccncc1CC(O)Cc1ccc(Cl)c(Cl)c1. The fourth-order valence-corrected chi connectivity index (χ4v) is 2.19. The maximum Gasteiger partial charge on any atom is 0.0622 e. The number of aromatic nitrogens is 1. The molecule has 2 aromatic rings. The molecule has 2 rings (SSSR count). The Balaban J connectivity index is 2.03. The lowest BCUT2D eigenvalue weighted by molar-refractivity contribution is 0.175. The van der Waals surface area contributed by atoms with E-state index in [4.69, 9.17) is 28.9 Å². The quantitative estimate of drug-likeness (QED) is 0.911. The monoisotopic (exact) mass is 296 g/mol. The molecule has 0 spiro atoms. The first kappa shape index (κ1) is 14.1.